The molecule has 1 amide bonds. The lowest BCUT2D eigenvalue weighted by atomic mass is 10.1. The van der Waals surface area contributed by atoms with Gasteiger partial charge in [0.1, 0.15) is 5.82 Å². The maximum Gasteiger partial charge on any atom is 0.251 e. The molecule has 0 spiro atoms. The van der Waals surface area contributed by atoms with E-state index in [0.717, 1.165) is 10.0 Å². The highest BCUT2D eigenvalue weighted by atomic mass is 79.9. The van der Waals surface area contributed by atoms with E-state index in [1.807, 2.05) is 6.92 Å². The van der Waals surface area contributed by atoms with Crippen LogP contribution in [0.2, 0.25) is 5.02 Å². The number of hydrogen-bond donors (Lipinski definition) is 1. The summed E-state index contributed by atoms with van der Waals surface area (Å²) in [4.78, 5) is 12.1. The standard InChI is InChI=1S/C15H12BrClFNO/c1-9(10-2-4-14(18)5-3-10)19-15(20)11-6-12(16)8-13(17)7-11/h2-9H,1H3,(H,19,20). The average molecular weight is 357 g/mol. The van der Waals surface area contributed by atoms with E-state index < -0.39 is 0 Å². The van der Waals surface area contributed by atoms with Gasteiger partial charge in [-0.3, -0.25) is 4.79 Å². The summed E-state index contributed by atoms with van der Waals surface area (Å²) in [5.74, 6) is -0.531. The van der Waals surface area contributed by atoms with Crippen LogP contribution in [0.1, 0.15) is 28.9 Å². The molecule has 104 valence electrons. The van der Waals surface area contributed by atoms with Crippen LogP contribution in [0.5, 0.6) is 0 Å². The molecular weight excluding hydrogens is 345 g/mol. The van der Waals surface area contributed by atoms with E-state index in [2.05, 4.69) is 21.2 Å². The van der Waals surface area contributed by atoms with Crippen LogP contribution in [0.25, 0.3) is 0 Å². The van der Waals surface area contributed by atoms with Crippen LogP contribution in [0.3, 0.4) is 0 Å². The summed E-state index contributed by atoms with van der Waals surface area (Å²) in [6.07, 6.45) is 0. The van der Waals surface area contributed by atoms with Gasteiger partial charge >= 0.3 is 0 Å². The van der Waals surface area contributed by atoms with Gasteiger partial charge in [-0.25, -0.2) is 4.39 Å². The van der Waals surface area contributed by atoms with Crippen molar-refractivity contribution < 1.29 is 9.18 Å². The molecular formula is C15H12BrClFNO. The minimum atomic E-state index is -0.300. The van der Waals surface area contributed by atoms with Crippen molar-refractivity contribution >= 4 is 33.4 Å². The zero-order valence-corrected chi connectivity index (χ0v) is 13.0. The first-order valence-electron chi connectivity index (χ1n) is 5.98. The maximum absolute atomic E-state index is 12.9. The van der Waals surface area contributed by atoms with Gasteiger partial charge in [-0.15, -0.1) is 0 Å². The lowest BCUT2D eigenvalue weighted by molar-refractivity contribution is 0.0940. The third kappa shape index (κ3) is 3.81. The highest BCUT2D eigenvalue weighted by Crippen LogP contribution is 2.20. The molecule has 0 saturated carbocycles. The molecule has 0 aliphatic carbocycles. The fourth-order valence-electron chi connectivity index (χ4n) is 1.80. The Labute approximate surface area is 130 Å². The maximum atomic E-state index is 12.9. The van der Waals surface area contributed by atoms with Crippen molar-refractivity contribution in [2.45, 2.75) is 13.0 Å². The number of benzene rings is 2. The highest BCUT2D eigenvalue weighted by molar-refractivity contribution is 9.10. The second-order valence-electron chi connectivity index (χ2n) is 4.40. The Kier molecular flexibility index (Phi) is 4.78. The van der Waals surface area contributed by atoms with Gasteiger partial charge in [-0.05, 0) is 42.8 Å². The normalized spacial score (nSPS) is 12.0. The Balaban J connectivity index is 2.12. The number of amides is 1. The van der Waals surface area contributed by atoms with Gasteiger partial charge in [-0.1, -0.05) is 39.7 Å². The first kappa shape index (κ1) is 15.0. The van der Waals surface area contributed by atoms with Crippen molar-refractivity contribution in [2.24, 2.45) is 0 Å². The van der Waals surface area contributed by atoms with Gasteiger partial charge < -0.3 is 5.32 Å². The van der Waals surface area contributed by atoms with E-state index in [0.29, 0.717) is 10.6 Å². The number of carbonyl (C=O) groups is 1. The zero-order valence-electron chi connectivity index (χ0n) is 10.7. The van der Waals surface area contributed by atoms with Gasteiger partial charge in [-0.2, -0.15) is 0 Å². The fraction of sp³-hybridized carbons (Fsp3) is 0.133. The molecule has 0 heterocycles. The van der Waals surface area contributed by atoms with Crippen LogP contribution in [0.15, 0.2) is 46.9 Å². The molecule has 20 heavy (non-hydrogen) atoms. The van der Waals surface area contributed by atoms with E-state index in [4.69, 9.17) is 11.6 Å². The second-order valence-corrected chi connectivity index (χ2v) is 5.76. The molecule has 0 fully saturated rings. The zero-order chi connectivity index (χ0) is 14.7. The Morgan fingerprint density at radius 3 is 2.50 bits per heavy atom. The monoisotopic (exact) mass is 355 g/mol. The predicted octanol–water partition coefficient (Wildman–Crippen LogP) is 4.73. The molecule has 2 nitrogen and oxygen atoms in total. The van der Waals surface area contributed by atoms with Crippen LogP contribution in [0.4, 0.5) is 4.39 Å². The van der Waals surface area contributed by atoms with Crippen molar-refractivity contribution in [1.82, 2.24) is 5.32 Å². The quantitative estimate of drug-likeness (QED) is 0.846. The number of halogens is 3. The fourth-order valence-corrected chi connectivity index (χ4v) is 2.66. The molecule has 1 N–H and O–H groups in total. The second kappa shape index (κ2) is 6.37. The first-order valence-corrected chi connectivity index (χ1v) is 7.15. The Morgan fingerprint density at radius 1 is 1.25 bits per heavy atom. The summed E-state index contributed by atoms with van der Waals surface area (Å²) in [5.41, 5.74) is 1.30. The van der Waals surface area contributed by atoms with Crippen molar-refractivity contribution in [1.29, 1.82) is 0 Å². The minimum Gasteiger partial charge on any atom is -0.346 e. The van der Waals surface area contributed by atoms with Gasteiger partial charge in [0, 0.05) is 15.1 Å². The van der Waals surface area contributed by atoms with Crippen LogP contribution in [-0.2, 0) is 0 Å². The number of rotatable bonds is 3. The van der Waals surface area contributed by atoms with Crippen molar-refractivity contribution in [3.63, 3.8) is 0 Å². The number of nitrogens with one attached hydrogen (secondary N) is 1. The van der Waals surface area contributed by atoms with Crippen LogP contribution >= 0.6 is 27.5 Å². The summed E-state index contributed by atoms with van der Waals surface area (Å²) >= 11 is 9.21. The van der Waals surface area contributed by atoms with Crippen LogP contribution in [0, 0.1) is 5.82 Å². The molecule has 1 unspecified atom stereocenters. The summed E-state index contributed by atoms with van der Waals surface area (Å²) in [6.45, 7) is 1.84. The minimum absolute atomic E-state index is 0.221. The summed E-state index contributed by atoms with van der Waals surface area (Å²) in [5, 5.41) is 3.33. The third-order valence-corrected chi connectivity index (χ3v) is 3.52. The molecule has 0 bridgehead atoms. The molecule has 0 aromatic heterocycles. The van der Waals surface area contributed by atoms with E-state index in [9.17, 15) is 9.18 Å². The van der Waals surface area contributed by atoms with E-state index in [-0.39, 0.29) is 17.8 Å². The molecule has 2 aromatic carbocycles. The molecule has 5 heteroatoms. The van der Waals surface area contributed by atoms with Crippen LogP contribution in [-0.4, -0.2) is 5.91 Å². The molecule has 2 aromatic rings. The molecule has 0 radical (unpaired) electrons. The predicted molar refractivity (Wildman–Crippen MR) is 81.4 cm³/mol. The summed E-state index contributed by atoms with van der Waals surface area (Å²) in [6, 6.07) is 10.8. The molecule has 0 saturated heterocycles. The largest absolute Gasteiger partial charge is 0.346 e. The molecule has 0 aliphatic rings. The highest BCUT2D eigenvalue weighted by Gasteiger charge is 2.12. The van der Waals surface area contributed by atoms with Gasteiger partial charge in [0.25, 0.3) is 5.91 Å². The number of hydrogen-bond acceptors (Lipinski definition) is 1. The van der Waals surface area contributed by atoms with Crippen molar-refractivity contribution in [2.75, 3.05) is 0 Å². The SMILES string of the molecule is CC(NC(=O)c1cc(Cl)cc(Br)c1)c1ccc(F)cc1. The summed E-state index contributed by atoms with van der Waals surface area (Å²) < 4.78 is 13.6. The topological polar surface area (TPSA) is 29.1 Å². The van der Waals surface area contributed by atoms with Gasteiger partial charge in [0.15, 0.2) is 0 Å². The lowest BCUT2D eigenvalue weighted by Gasteiger charge is -2.14. The van der Waals surface area contributed by atoms with Crippen molar-refractivity contribution in [3.05, 3.63) is 68.9 Å². The molecule has 1 atom stereocenters. The molecule has 2 rings (SSSR count). The Hall–Kier alpha value is -1.39. The van der Waals surface area contributed by atoms with Gasteiger partial charge in [0.05, 0.1) is 6.04 Å². The van der Waals surface area contributed by atoms with Crippen LogP contribution < -0.4 is 5.32 Å². The van der Waals surface area contributed by atoms with E-state index >= 15 is 0 Å². The number of carbonyl (C=O) groups excluding carboxylic acids is 1. The molecule has 0 aliphatic heterocycles. The van der Waals surface area contributed by atoms with E-state index in [1.165, 1.54) is 12.1 Å². The van der Waals surface area contributed by atoms with Gasteiger partial charge in [0.2, 0.25) is 0 Å². The Morgan fingerprint density at radius 2 is 1.90 bits per heavy atom. The van der Waals surface area contributed by atoms with Crippen molar-refractivity contribution in [3.8, 4) is 0 Å². The first-order chi connectivity index (χ1) is 9.45. The average Bonchev–Trinajstić information content (AvgIpc) is 2.38. The third-order valence-electron chi connectivity index (χ3n) is 2.84. The summed E-state index contributed by atoms with van der Waals surface area (Å²) in [7, 11) is 0. The smallest absolute Gasteiger partial charge is 0.251 e. The lowest BCUT2D eigenvalue weighted by Crippen LogP contribution is -2.26. The van der Waals surface area contributed by atoms with E-state index in [1.54, 1.807) is 30.3 Å². The Bertz CT molecular complexity index is 610.